The number of aromatic nitrogens is 2. The summed E-state index contributed by atoms with van der Waals surface area (Å²) in [6.45, 7) is 6.24. The Morgan fingerprint density at radius 1 is 1.54 bits per heavy atom. The van der Waals surface area contributed by atoms with Crippen LogP contribution in [0.4, 0.5) is 0 Å². The monoisotopic (exact) mass is 177 g/mol. The van der Waals surface area contributed by atoms with E-state index in [-0.39, 0.29) is 0 Å². The summed E-state index contributed by atoms with van der Waals surface area (Å²) in [5, 5.41) is 15.7. The third-order valence-corrected chi connectivity index (χ3v) is 2.14. The summed E-state index contributed by atoms with van der Waals surface area (Å²) >= 11 is 0. The minimum Gasteiger partial charge on any atom is -0.282 e. The van der Waals surface area contributed by atoms with E-state index >= 15 is 0 Å². The zero-order valence-electron chi connectivity index (χ0n) is 8.39. The predicted octanol–water partition coefficient (Wildman–Crippen LogP) is 2.30. The van der Waals surface area contributed by atoms with Crippen LogP contribution >= 0.6 is 0 Å². The van der Waals surface area contributed by atoms with Gasteiger partial charge in [-0.25, -0.2) is 0 Å². The van der Waals surface area contributed by atoms with Gasteiger partial charge < -0.3 is 0 Å². The van der Waals surface area contributed by atoms with Gasteiger partial charge in [0.2, 0.25) is 0 Å². The summed E-state index contributed by atoms with van der Waals surface area (Å²) in [7, 11) is 0. The van der Waals surface area contributed by atoms with E-state index in [9.17, 15) is 0 Å². The van der Waals surface area contributed by atoms with Gasteiger partial charge in [0, 0.05) is 12.1 Å². The van der Waals surface area contributed by atoms with E-state index in [0.29, 0.717) is 12.3 Å². The zero-order valence-corrected chi connectivity index (χ0v) is 8.39. The van der Waals surface area contributed by atoms with Crippen LogP contribution in [0.3, 0.4) is 0 Å². The van der Waals surface area contributed by atoms with Gasteiger partial charge in [0.1, 0.15) is 0 Å². The molecule has 0 fully saturated rings. The molecule has 0 saturated heterocycles. The van der Waals surface area contributed by atoms with Gasteiger partial charge in [0.25, 0.3) is 0 Å². The third-order valence-electron chi connectivity index (χ3n) is 2.14. The van der Waals surface area contributed by atoms with Crippen LogP contribution in [0.15, 0.2) is 0 Å². The highest BCUT2D eigenvalue weighted by atomic mass is 15.1. The molecule has 1 aromatic heterocycles. The summed E-state index contributed by atoms with van der Waals surface area (Å²) in [6.07, 6.45) is 1.38. The van der Waals surface area contributed by atoms with Crippen molar-refractivity contribution >= 4 is 0 Å². The number of nitrogens with zero attached hydrogens (tertiary/aromatic N) is 2. The first-order valence-corrected chi connectivity index (χ1v) is 4.57. The Hall–Kier alpha value is -1.30. The minimum absolute atomic E-state index is 0.429. The van der Waals surface area contributed by atoms with Gasteiger partial charge in [-0.2, -0.15) is 10.4 Å². The standard InChI is InChI=1S/C10H15N3/c1-7(2)10-9(5-4-6-11)8(3)12-13-10/h7H,4-5H2,1-3H3,(H,12,13). The summed E-state index contributed by atoms with van der Waals surface area (Å²) in [5.41, 5.74) is 3.42. The van der Waals surface area contributed by atoms with Crippen LogP contribution in [-0.2, 0) is 6.42 Å². The molecule has 1 N–H and O–H groups in total. The molecule has 0 spiro atoms. The maximum Gasteiger partial charge on any atom is 0.0682 e. The van der Waals surface area contributed by atoms with Gasteiger partial charge in [-0.3, -0.25) is 5.10 Å². The normalized spacial score (nSPS) is 10.4. The van der Waals surface area contributed by atoms with Gasteiger partial charge in [-0.05, 0) is 24.8 Å². The molecule has 0 aromatic carbocycles. The largest absolute Gasteiger partial charge is 0.282 e. The highest BCUT2D eigenvalue weighted by Crippen LogP contribution is 2.20. The van der Waals surface area contributed by atoms with E-state index in [4.69, 9.17) is 5.26 Å². The van der Waals surface area contributed by atoms with E-state index < -0.39 is 0 Å². The first kappa shape index (κ1) is 9.79. The van der Waals surface area contributed by atoms with Crippen molar-refractivity contribution in [3.63, 3.8) is 0 Å². The van der Waals surface area contributed by atoms with E-state index in [1.807, 2.05) is 6.92 Å². The molecule has 0 bridgehead atoms. The molecule has 3 heteroatoms. The molecule has 0 aliphatic heterocycles. The van der Waals surface area contributed by atoms with Crippen molar-refractivity contribution in [2.75, 3.05) is 0 Å². The Bertz CT molecular complexity index is 317. The molecular formula is C10H15N3. The average Bonchev–Trinajstić information content (AvgIpc) is 2.43. The number of hydrogen-bond donors (Lipinski definition) is 1. The van der Waals surface area contributed by atoms with Crippen LogP contribution in [0.1, 0.15) is 43.1 Å². The summed E-state index contributed by atoms with van der Waals surface area (Å²) in [4.78, 5) is 0. The molecule has 3 nitrogen and oxygen atoms in total. The van der Waals surface area contributed by atoms with Crippen LogP contribution in [-0.4, -0.2) is 10.2 Å². The van der Waals surface area contributed by atoms with Gasteiger partial charge in [-0.15, -0.1) is 0 Å². The van der Waals surface area contributed by atoms with Crippen molar-refractivity contribution in [1.29, 1.82) is 5.26 Å². The maximum absolute atomic E-state index is 8.50. The smallest absolute Gasteiger partial charge is 0.0682 e. The molecule has 13 heavy (non-hydrogen) atoms. The molecule has 1 heterocycles. The highest BCUT2D eigenvalue weighted by Gasteiger charge is 2.12. The Labute approximate surface area is 78.8 Å². The molecule has 0 aliphatic rings. The first-order valence-electron chi connectivity index (χ1n) is 4.57. The molecular weight excluding hydrogens is 162 g/mol. The molecule has 0 unspecified atom stereocenters. The van der Waals surface area contributed by atoms with Crippen molar-refractivity contribution < 1.29 is 0 Å². The zero-order chi connectivity index (χ0) is 9.84. The van der Waals surface area contributed by atoms with Crippen molar-refractivity contribution in [3.05, 3.63) is 17.0 Å². The summed E-state index contributed by atoms with van der Waals surface area (Å²) in [5.74, 6) is 0.429. The second-order valence-corrected chi connectivity index (χ2v) is 3.53. The molecule has 1 rings (SSSR count). The molecule has 0 saturated carbocycles. The second kappa shape index (κ2) is 4.08. The van der Waals surface area contributed by atoms with Crippen molar-refractivity contribution in [1.82, 2.24) is 10.2 Å². The fraction of sp³-hybridized carbons (Fsp3) is 0.600. The van der Waals surface area contributed by atoms with Gasteiger partial charge in [-0.1, -0.05) is 13.8 Å². The number of rotatable bonds is 3. The predicted molar refractivity (Wildman–Crippen MR) is 51.3 cm³/mol. The molecule has 0 atom stereocenters. The van der Waals surface area contributed by atoms with E-state index in [1.54, 1.807) is 0 Å². The number of hydrogen-bond acceptors (Lipinski definition) is 2. The van der Waals surface area contributed by atoms with Crippen LogP contribution in [0.25, 0.3) is 0 Å². The average molecular weight is 177 g/mol. The van der Waals surface area contributed by atoms with Crippen LogP contribution in [0.5, 0.6) is 0 Å². The number of aromatic amines is 1. The number of nitriles is 1. The van der Waals surface area contributed by atoms with E-state index in [0.717, 1.165) is 17.8 Å². The number of nitrogens with one attached hydrogen (secondary N) is 1. The van der Waals surface area contributed by atoms with E-state index in [1.165, 1.54) is 5.56 Å². The van der Waals surface area contributed by atoms with E-state index in [2.05, 4.69) is 30.1 Å². The topological polar surface area (TPSA) is 52.5 Å². The molecule has 70 valence electrons. The third kappa shape index (κ3) is 2.09. The molecule has 0 aliphatic carbocycles. The lowest BCUT2D eigenvalue weighted by Gasteiger charge is -2.03. The molecule has 0 radical (unpaired) electrons. The highest BCUT2D eigenvalue weighted by molar-refractivity contribution is 5.27. The van der Waals surface area contributed by atoms with Gasteiger partial charge in [0.05, 0.1) is 11.8 Å². The lowest BCUT2D eigenvalue weighted by atomic mass is 10.0. The second-order valence-electron chi connectivity index (χ2n) is 3.53. The fourth-order valence-electron chi connectivity index (χ4n) is 1.45. The van der Waals surface area contributed by atoms with Crippen molar-refractivity contribution in [2.45, 2.75) is 39.5 Å². The number of aryl methyl sites for hydroxylation is 1. The van der Waals surface area contributed by atoms with Crippen LogP contribution in [0, 0.1) is 18.3 Å². The van der Waals surface area contributed by atoms with Crippen molar-refractivity contribution in [2.24, 2.45) is 0 Å². The number of H-pyrrole nitrogens is 1. The minimum atomic E-state index is 0.429. The SMILES string of the molecule is Cc1[nH]nc(C(C)C)c1CCC#N. The lowest BCUT2D eigenvalue weighted by Crippen LogP contribution is -1.95. The quantitative estimate of drug-likeness (QED) is 0.770. The van der Waals surface area contributed by atoms with Crippen LogP contribution < -0.4 is 0 Å². The Morgan fingerprint density at radius 2 is 2.23 bits per heavy atom. The Balaban J connectivity index is 2.89. The molecule has 0 amide bonds. The molecule has 1 aromatic rings. The van der Waals surface area contributed by atoms with Crippen LogP contribution in [0.2, 0.25) is 0 Å². The first-order chi connectivity index (χ1) is 6.16. The Kier molecular flexibility index (Phi) is 3.07. The summed E-state index contributed by atoms with van der Waals surface area (Å²) in [6, 6.07) is 2.16. The maximum atomic E-state index is 8.50. The fourth-order valence-corrected chi connectivity index (χ4v) is 1.45. The summed E-state index contributed by atoms with van der Waals surface area (Å²) < 4.78 is 0. The van der Waals surface area contributed by atoms with Gasteiger partial charge >= 0.3 is 0 Å². The Morgan fingerprint density at radius 3 is 2.77 bits per heavy atom. The van der Waals surface area contributed by atoms with Crippen molar-refractivity contribution in [3.8, 4) is 6.07 Å². The lowest BCUT2D eigenvalue weighted by molar-refractivity contribution is 0.792. The van der Waals surface area contributed by atoms with Gasteiger partial charge in [0.15, 0.2) is 0 Å².